The van der Waals surface area contributed by atoms with E-state index in [1.807, 2.05) is 0 Å². The van der Waals surface area contributed by atoms with Crippen LogP contribution in [0.5, 0.6) is 0 Å². The van der Waals surface area contributed by atoms with Crippen LogP contribution in [0.3, 0.4) is 0 Å². The largest absolute Gasteiger partial charge is 0.100 e. The summed E-state index contributed by atoms with van der Waals surface area (Å²) in [6.45, 7) is 6.19. The molecule has 0 heteroatoms. The maximum atomic E-state index is 4.01. The molecule has 0 aliphatic heterocycles. The molecule has 12 heavy (non-hydrogen) atoms. The minimum atomic E-state index is 0.998. The summed E-state index contributed by atoms with van der Waals surface area (Å²) in [7, 11) is 0. The molecule has 0 spiro atoms. The van der Waals surface area contributed by atoms with E-state index in [2.05, 4.69) is 13.5 Å². The molecule has 2 aliphatic carbocycles. The lowest BCUT2D eigenvalue weighted by Gasteiger charge is -2.09. The van der Waals surface area contributed by atoms with Crippen LogP contribution in [0, 0.1) is 17.8 Å². The summed E-state index contributed by atoms with van der Waals surface area (Å²) in [5.41, 5.74) is 1.39. The Balaban J connectivity index is 1.86. The zero-order valence-corrected chi connectivity index (χ0v) is 8.18. The van der Waals surface area contributed by atoms with E-state index in [0.717, 1.165) is 17.8 Å². The predicted molar refractivity (Wildman–Crippen MR) is 53.0 cm³/mol. The summed E-state index contributed by atoms with van der Waals surface area (Å²) in [5.74, 6) is 3.21. The van der Waals surface area contributed by atoms with Crippen LogP contribution in [0.2, 0.25) is 0 Å². The molecule has 2 fully saturated rings. The van der Waals surface area contributed by atoms with Gasteiger partial charge in [0.25, 0.3) is 0 Å². The Morgan fingerprint density at radius 1 is 1.25 bits per heavy atom. The predicted octanol–water partition coefficient (Wildman–Crippen LogP) is 3.78. The van der Waals surface area contributed by atoms with E-state index in [1.54, 1.807) is 0 Å². The summed E-state index contributed by atoms with van der Waals surface area (Å²) in [5, 5.41) is 0. The number of hydrogen-bond acceptors (Lipinski definition) is 0. The molecule has 0 nitrogen and oxygen atoms in total. The van der Waals surface area contributed by atoms with Crippen LogP contribution in [-0.2, 0) is 0 Å². The Kier molecular flexibility index (Phi) is 2.25. The molecule has 0 aromatic carbocycles. The average Bonchev–Trinajstić information content (AvgIpc) is 2.43. The van der Waals surface area contributed by atoms with Crippen LogP contribution in [-0.4, -0.2) is 0 Å². The van der Waals surface area contributed by atoms with Gasteiger partial charge in [0, 0.05) is 0 Å². The van der Waals surface area contributed by atoms with Gasteiger partial charge < -0.3 is 0 Å². The fraction of sp³-hybridized carbons (Fsp3) is 0.833. The van der Waals surface area contributed by atoms with Crippen molar-refractivity contribution in [2.45, 2.75) is 45.4 Å². The van der Waals surface area contributed by atoms with Crippen LogP contribution in [0.15, 0.2) is 12.2 Å². The summed E-state index contributed by atoms with van der Waals surface area (Å²) in [4.78, 5) is 0. The number of fused-ring (bicyclic) bond motifs is 1. The third-order valence-electron chi connectivity index (χ3n) is 3.73. The van der Waals surface area contributed by atoms with Crippen molar-refractivity contribution in [3.63, 3.8) is 0 Å². The van der Waals surface area contributed by atoms with E-state index < -0.39 is 0 Å². The third kappa shape index (κ3) is 1.57. The Morgan fingerprint density at radius 3 is 2.33 bits per heavy atom. The van der Waals surface area contributed by atoms with Crippen molar-refractivity contribution in [2.24, 2.45) is 17.8 Å². The van der Waals surface area contributed by atoms with Gasteiger partial charge in [-0.15, -0.1) is 6.58 Å². The SMILES string of the molecule is C=C(C)CC1CC2CCCC2C1. The van der Waals surface area contributed by atoms with Gasteiger partial charge in [0.1, 0.15) is 0 Å². The number of allylic oxidation sites excluding steroid dienone is 1. The van der Waals surface area contributed by atoms with Gasteiger partial charge in [-0.1, -0.05) is 24.8 Å². The molecular formula is C12H20. The molecule has 0 bridgehead atoms. The average molecular weight is 164 g/mol. The highest BCUT2D eigenvalue weighted by atomic mass is 14.4. The van der Waals surface area contributed by atoms with Gasteiger partial charge >= 0.3 is 0 Å². The molecule has 0 radical (unpaired) electrons. The van der Waals surface area contributed by atoms with Crippen LogP contribution < -0.4 is 0 Å². The highest BCUT2D eigenvalue weighted by Gasteiger charge is 2.36. The lowest BCUT2D eigenvalue weighted by atomic mass is 9.96. The second-order valence-electron chi connectivity index (χ2n) is 4.95. The van der Waals surface area contributed by atoms with E-state index in [9.17, 15) is 0 Å². The maximum absolute atomic E-state index is 4.01. The summed E-state index contributed by atoms with van der Waals surface area (Å²) >= 11 is 0. The normalized spacial score (nSPS) is 39.9. The minimum Gasteiger partial charge on any atom is -0.100 e. The van der Waals surface area contributed by atoms with E-state index >= 15 is 0 Å². The molecule has 68 valence electrons. The van der Waals surface area contributed by atoms with Gasteiger partial charge in [-0.25, -0.2) is 0 Å². The number of rotatable bonds is 2. The monoisotopic (exact) mass is 164 g/mol. The van der Waals surface area contributed by atoms with E-state index in [0.29, 0.717) is 0 Å². The molecule has 0 aromatic heterocycles. The van der Waals surface area contributed by atoms with Crippen molar-refractivity contribution in [1.29, 1.82) is 0 Å². The molecule has 2 atom stereocenters. The molecule has 0 heterocycles. The third-order valence-corrected chi connectivity index (χ3v) is 3.73. The Hall–Kier alpha value is -0.260. The zero-order chi connectivity index (χ0) is 8.55. The lowest BCUT2D eigenvalue weighted by Crippen LogP contribution is -1.95. The smallest absolute Gasteiger partial charge is 0.0297 e. The van der Waals surface area contributed by atoms with Crippen LogP contribution in [0.25, 0.3) is 0 Å². The molecule has 0 aromatic rings. The summed E-state index contributed by atoms with van der Waals surface area (Å²) in [6.07, 6.45) is 8.88. The first-order valence-corrected chi connectivity index (χ1v) is 5.40. The van der Waals surface area contributed by atoms with Gasteiger partial charge in [0.15, 0.2) is 0 Å². The molecule has 0 amide bonds. The van der Waals surface area contributed by atoms with Crippen LogP contribution in [0.1, 0.15) is 45.4 Å². The zero-order valence-electron chi connectivity index (χ0n) is 8.18. The van der Waals surface area contributed by atoms with E-state index in [4.69, 9.17) is 0 Å². The first-order valence-electron chi connectivity index (χ1n) is 5.40. The van der Waals surface area contributed by atoms with Crippen molar-refractivity contribution in [2.75, 3.05) is 0 Å². The molecule has 2 saturated carbocycles. The topological polar surface area (TPSA) is 0 Å². The van der Waals surface area contributed by atoms with Crippen molar-refractivity contribution in [3.8, 4) is 0 Å². The lowest BCUT2D eigenvalue weighted by molar-refractivity contribution is 0.457. The minimum absolute atomic E-state index is 0.998. The summed E-state index contributed by atoms with van der Waals surface area (Å²) < 4.78 is 0. The van der Waals surface area contributed by atoms with Gasteiger partial charge in [0.05, 0.1) is 0 Å². The molecule has 2 unspecified atom stereocenters. The molecule has 2 rings (SSSR count). The molecular weight excluding hydrogens is 144 g/mol. The van der Waals surface area contributed by atoms with Gasteiger partial charge in [-0.05, 0) is 43.9 Å². The first-order chi connectivity index (χ1) is 5.75. The van der Waals surface area contributed by atoms with Crippen molar-refractivity contribution in [3.05, 3.63) is 12.2 Å². The second kappa shape index (κ2) is 3.24. The number of hydrogen-bond donors (Lipinski definition) is 0. The van der Waals surface area contributed by atoms with Crippen LogP contribution in [0.4, 0.5) is 0 Å². The van der Waals surface area contributed by atoms with Crippen molar-refractivity contribution >= 4 is 0 Å². The van der Waals surface area contributed by atoms with Crippen molar-refractivity contribution in [1.82, 2.24) is 0 Å². The quantitative estimate of drug-likeness (QED) is 0.545. The van der Waals surface area contributed by atoms with E-state index in [-0.39, 0.29) is 0 Å². The standard InChI is InChI=1S/C12H20/c1-9(2)6-10-7-11-4-3-5-12(11)8-10/h10-12H,1,3-8H2,2H3. The van der Waals surface area contributed by atoms with Crippen molar-refractivity contribution < 1.29 is 0 Å². The van der Waals surface area contributed by atoms with Crippen LogP contribution >= 0.6 is 0 Å². The fourth-order valence-corrected chi connectivity index (χ4v) is 3.35. The Labute approximate surface area is 76.1 Å². The Bertz CT molecular complexity index is 168. The summed E-state index contributed by atoms with van der Waals surface area (Å²) in [6, 6.07) is 0. The highest BCUT2D eigenvalue weighted by Crippen LogP contribution is 2.48. The highest BCUT2D eigenvalue weighted by molar-refractivity contribution is 4.96. The van der Waals surface area contributed by atoms with Gasteiger partial charge in [-0.3, -0.25) is 0 Å². The first kappa shape index (κ1) is 8.34. The van der Waals surface area contributed by atoms with Gasteiger partial charge in [0.2, 0.25) is 0 Å². The fourth-order valence-electron chi connectivity index (χ4n) is 3.35. The maximum Gasteiger partial charge on any atom is -0.0297 e. The second-order valence-corrected chi connectivity index (χ2v) is 4.95. The van der Waals surface area contributed by atoms with E-state index in [1.165, 1.54) is 44.1 Å². The molecule has 2 aliphatic rings. The molecule has 0 saturated heterocycles. The van der Waals surface area contributed by atoms with Gasteiger partial charge in [-0.2, -0.15) is 0 Å². The molecule has 0 N–H and O–H groups in total. The Morgan fingerprint density at radius 2 is 1.83 bits per heavy atom.